The molecule has 1 saturated heterocycles. The van der Waals surface area contributed by atoms with Crippen molar-refractivity contribution in [2.45, 2.75) is 32.7 Å². The summed E-state index contributed by atoms with van der Waals surface area (Å²) in [6, 6.07) is 5.82. The first-order chi connectivity index (χ1) is 10.2. The minimum Gasteiger partial charge on any atom is -0.384 e. The van der Waals surface area contributed by atoms with Crippen molar-refractivity contribution in [2.24, 2.45) is 5.92 Å². The van der Waals surface area contributed by atoms with E-state index in [1.165, 1.54) is 0 Å². The van der Waals surface area contributed by atoms with Gasteiger partial charge >= 0.3 is 0 Å². The van der Waals surface area contributed by atoms with Crippen molar-refractivity contribution in [2.75, 3.05) is 38.3 Å². The molecule has 0 aliphatic carbocycles. The molecule has 21 heavy (non-hydrogen) atoms. The van der Waals surface area contributed by atoms with Gasteiger partial charge in [0.2, 0.25) is 0 Å². The van der Waals surface area contributed by atoms with Gasteiger partial charge in [0.05, 0.1) is 5.69 Å². The maximum absolute atomic E-state index is 14.4. The van der Waals surface area contributed by atoms with Crippen LogP contribution in [0.15, 0.2) is 18.2 Å². The molecule has 0 bridgehead atoms. The van der Waals surface area contributed by atoms with Gasteiger partial charge in [-0.05, 0) is 49.9 Å². The van der Waals surface area contributed by atoms with E-state index in [1.54, 1.807) is 13.2 Å². The smallest absolute Gasteiger partial charge is 0.146 e. The number of anilines is 1. The lowest BCUT2D eigenvalue weighted by Crippen LogP contribution is -2.35. The van der Waals surface area contributed by atoms with Crippen molar-refractivity contribution >= 4 is 5.69 Å². The third-order valence-electron chi connectivity index (χ3n) is 4.34. The van der Waals surface area contributed by atoms with E-state index in [0.717, 1.165) is 50.3 Å². The number of methoxy groups -OCH3 is 1. The van der Waals surface area contributed by atoms with Crippen LogP contribution in [0.1, 0.15) is 38.3 Å². The molecule has 1 aromatic rings. The fourth-order valence-electron chi connectivity index (χ4n) is 3.05. The Labute approximate surface area is 127 Å². The lowest BCUT2D eigenvalue weighted by atomic mass is 9.97. The van der Waals surface area contributed by atoms with E-state index in [1.807, 2.05) is 12.1 Å². The third-order valence-corrected chi connectivity index (χ3v) is 4.34. The molecule has 0 amide bonds. The zero-order valence-corrected chi connectivity index (χ0v) is 13.4. The van der Waals surface area contributed by atoms with Crippen LogP contribution in [-0.4, -0.2) is 33.4 Å². The molecule has 0 saturated carbocycles. The molecule has 0 radical (unpaired) electrons. The summed E-state index contributed by atoms with van der Waals surface area (Å²) in [4.78, 5) is 2.16. The van der Waals surface area contributed by atoms with E-state index < -0.39 is 0 Å². The zero-order chi connectivity index (χ0) is 15.2. The summed E-state index contributed by atoms with van der Waals surface area (Å²) >= 11 is 0. The first-order valence-electron chi connectivity index (χ1n) is 7.92. The summed E-state index contributed by atoms with van der Waals surface area (Å²) < 4.78 is 19.6. The lowest BCUT2D eigenvalue weighted by Gasteiger charge is -2.33. The second-order valence-electron chi connectivity index (χ2n) is 5.88. The van der Waals surface area contributed by atoms with E-state index in [2.05, 4.69) is 24.1 Å². The van der Waals surface area contributed by atoms with Gasteiger partial charge in [-0.3, -0.25) is 0 Å². The molecule has 1 aliphatic rings. The number of ether oxygens (including phenoxy) is 1. The van der Waals surface area contributed by atoms with Crippen molar-refractivity contribution in [3.63, 3.8) is 0 Å². The SMILES string of the molecule is CCNC(C)c1ccc(N2CCC(COC)CC2)c(F)c1. The monoisotopic (exact) mass is 294 g/mol. The molecule has 1 N–H and O–H groups in total. The molecule has 1 atom stereocenters. The first kappa shape index (κ1) is 16.2. The van der Waals surface area contributed by atoms with E-state index in [-0.39, 0.29) is 11.9 Å². The summed E-state index contributed by atoms with van der Waals surface area (Å²) in [5.74, 6) is 0.504. The highest BCUT2D eigenvalue weighted by Gasteiger charge is 2.21. The minimum absolute atomic E-state index is 0.109. The summed E-state index contributed by atoms with van der Waals surface area (Å²) in [6.45, 7) is 7.65. The maximum Gasteiger partial charge on any atom is 0.146 e. The molecule has 118 valence electrons. The molecule has 1 unspecified atom stereocenters. The zero-order valence-electron chi connectivity index (χ0n) is 13.4. The number of hydrogen-bond donors (Lipinski definition) is 1. The number of benzene rings is 1. The van der Waals surface area contributed by atoms with E-state index in [0.29, 0.717) is 5.92 Å². The van der Waals surface area contributed by atoms with Crippen molar-refractivity contribution in [3.8, 4) is 0 Å². The number of nitrogens with zero attached hydrogens (tertiary/aromatic N) is 1. The van der Waals surface area contributed by atoms with E-state index in [9.17, 15) is 4.39 Å². The topological polar surface area (TPSA) is 24.5 Å². The molecule has 1 aliphatic heterocycles. The highest BCUT2D eigenvalue weighted by atomic mass is 19.1. The molecule has 1 fully saturated rings. The van der Waals surface area contributed by atoms with Crippen LogP contribution in [0.5, 0.6) is 0 Å². The van der Waals surface area contributed by atoms with Crippen LogP contribution >= 0.6 is 0 Å². The second kappa shape index (κ2) is 7.76. The number of halogens is 1. The standard InChI is InChI=1S/C17H27FN2O/c1-4-19-13(2)15-5-6-17(16(18)11-15)20-9-7-14(8-10-20)12-21-3/h5-6,11,13-14,19H,4,7-10,12H2,1-3H3. The van der Waals surface area contributed by atoms with Crippen LogP contribution in [0.2, 0.25) is 0 Å². The predicted octanol–water partition coefficient (Wildman–Crippen LogP) is 3.36. The Hall–Kier alpha value is -1.13. The summed E-state index contributed by atoms with van der Waals surface area (Å²) in [6.07, 6.45) is 2.14. The van der Waals surface area contributed by atoms with Crippen molar-refractivity contribution in [3.05, 3.63) is 29.6 Å². The Kier molecular flexibility index (Phi) is 6.00. The molecule has 2 rings (SSSR count). The van der Waals surface area contributed by atoms with Gasteiger partial charge in [-0.1, -0.05) is 13.0 Å². The molecule has 3 nitrogen and oxygen atoms in total. The van der Waals surface area contributed by atoms with Crippen molar-refractivity contribution < 1.29 is 9.13 Å². The average Bonchev–Trinajstić information content (AvgIpc) is 2.49. The molecule has 1 heterocycles. The van der Waals surface area contributed by atoms with Crippen LogP contribution in [0, 0.1) is 11.7 Å². The van der Waals surface area contributed by atoms with Crippen LogP contribution in [0.4, 0.5) is 10.1 Å². The number of rotatable bonds is 6. The van der Waals surface area contributed by atoms with Gasteiger partial charge in [-0.25, -0.2) is 4.39 Å². The Balaban J connectivity index is 2.01. The molecular formula is C17H27FN2O. The Bertz CT molecular complexity index is 444. The Morgan fingerprint density at radius 2 is 2.10 bits per heavy atom. The molecule has 4 heteroatoms. The number of piperidine rings is 1. The maximum atomic E-state index is 14.4. The van der Waals surface area contributed by atoms with Crippen LogP contribution in [-0.2, 0) is 4.74 Å². The Morgan fingerprint density at radius 1 is 1.38 bits per heavy atom. The molecule has 1 aromatic carbocycles. The van der Waals surface area contributed by atoms with Crippen molar-refractivity contribution in [1.29, 1.82) is 0 Å². The molecule has 0 aromatic heterocycles. The average molecular weight is 294 g/mol. The van der Waals surface area contributed by atoms with E-state index in [4.69, 9.17) is 4.74 Å². The third kappa shape index (κ3) is 4.17. The predicted molar refractivity (Wildman–Crippen MR) is 85.3 cm³/mol. The van der Waals surface area contributed by atoms with Gasteiger partial charge in [-0.15, -0.1) is 0 Å². The van der Waals surface area contributed by atoms with Gasteiger partial charge in [0.1, 0.15) is 5.82 Å². The van der Waals surface area contributed by atoms with Gasteiger partial charge < -0.3 is 15.0 Å². The highest BCUT2D eigenvalue weighted by Crippen LogP contribution is 2.27. The van der Waals surface area contributed by atoms with Crippen LogP contribution in [0.3, 0.4) is 0 Å². The second-order valence-corrected chi connectivity index (χ2v) is 5.88. The van der Waals surface area contributed by atoms with E-state index >= 15 is 0 Å². The highest BCUT2D eigenvalue weighted by molar-refractivity contribution is 5.50. The number of nitrogens with one attached hydrogen (secondary N) is 1. The minimum atomic E-state index is -0.109. The Morgan fingerprint density at radius 3 is 2.67 bits per heavy atom. The first-order valence-corrected chi connectivity index (χ1v) is 7.92. The normalized spacial score (nSPS) is 18.0. The molecule has 0 spiro atoms. The quantitative estimate of drug-likeness (QED) is 0.870. The van der Waals surface area contributed by atoms with Gasteiger partial charge in [0, 0.05) is 32.8 Å². The lowest BCUT2D eigenvalue weighted by molar-refractivity contribution is 0.139. The van der Waals surface area contributed by atoms with Gasteiger partial charge in [0.15, 0.2) is 0 Å². The summed E-state index contributed by atoms with van der Waals surface area (Å²) in [7, 11) is 1.75. The van der Waals surface area contributed by atoms with Crippen LogP contribution in [0.25, 0.3) is 0 Å². The van der Waals surface area contributed by atoms with Crippen molar-refractivity contribution in [1.82, 2.24) is 5.32 Å². The molecular weight excluding hydrogens is 267 g/mol. The van der Waals surface area contributed by atoms with Crippen LogP contribution < -0.4 is 10.2 Å². The largest absolute Gasteiger partial charge is 0.384 e. The summed E-state index contributed by atoms with van der Waals surface area (Å²) in [5.41, 5.74) is 1.74. The number of hydrogen-bond acceptors (Lipinski definition) is 3. The fraction of sp³-hybridized carbons (Fsp3) is 0.647. The van der Waals surface area contributed by atoms with Gasteiger partial charge in [-0.2, -0.15) is 0 Å². The summed E-state index contributed by atoms with van der Waals surface area (Å²) in [5, 5.41) is 3.31. The fourth-order valence-corrected chi connectivity index (χ4v) is 3.05. The van der Waals surface area contributed by atoms with Gasteiger partial charge in [0.25, 0.3) is 0 Å².